The number of nitrogens with zero attached hydrogens (tertiary/aromatic N) is 2. The molecule has 0 N–H and O–H groups in total. The van der Waals surface area contributed by atoms with Crippen molar-refractivity contribution in [1.82, 2.24) is 0 Å². The van der Waals surface area contributed by atoms with Crippen molar-refractivity contribution in [3.05, 3.63) is 60.2 Å². The van der Waals surface area contributed by atoms with Crippen molar-refractivity contribution in [1.29, 1.82) is 0 Å². The quantitative estimate of drug-likeness (QED) is 0.350. The zero-order valence-corrected chi connectivity index (χ0v) is 19.7. The Kier molecular flexibility index (Phi) is 13.3. The second-order valence-corrected chi connectivity index (χ2v) is 9.87. The smallest absolute Gasteiger partial charge is 0.169 e. The lowest BCUT2D eigenvalue weighted by Crippen LogP contribution is -2.33. The lowest BCUT2D eigenvalue weighted by atomic mass is 10.2. The van der Waals surface area contributed by atoms with E-state index in [2.05, 4.69) is 72.0 Å². The Morgan fingerprint density at radius 3 is 1.10 bits per heavy atom. The molecule has 0 aromatic carbocycles. The monoisotopic (exact) mass is 460 g/mol. The van der Waals surface area contributed by atoms with Crippen LogP contribution in [0.5, 0.6) is 0 Å². The number of pyridine rings is 2. The van der Waals surface area contributed by atoms with Crippen molar-refractivity contribution in [3.8, 4) is 0 Å². The van der Waals surface area contributed by atoms with Gasteiger partial charge in [-0.25, -0.2) is 26.0 Å². The lowest BCUT2D eigenvalue weighted by Gasteiger charge is -1.99. The van der Waals surface area contributed by atoms with E-state index in [1.54, 1.807) is 0 Å². The number of aromatic nitrogens is 2. The standard InChI is InChI=1S/C18H26N2.2CH4O3S/c1-17-7-13-19(14-8-17)11-5-3-4-6-12-20-15-9-18(2)10-16-20;2*1-5(2,3)4/h7-10,13-16H,3-6,11-12H2,1-2H3;2*1H3,(H,2,3,4)/q+2;;/p-2. The molecule has 2 aromatic rings. The first-order chi connectivity index (χ1) is 13.7. The molecular weight excluding hydrogens is 428 g/mol. The molecule has 0 spiro atoms. The van der Waals surface area contributed by atoms with Gasteiger partial charge in [-0.05, 0) is 37.8 Å². The molecule has 0 saturated heterocycles. The van der Waals surface area contributed by atoms with Gasteiger partial charge in [-0.15, -0.1) is 0 Å². The lowest BCUT2D eigenvalue weighted by molar-refractivity contribution is -0.698. The number of aryl methyl sites for hydroxylation is 4. The van der Waals surface area contributed by atoms with Gasteiger partial charge in [-0.3, -0.25) is 0 Å². The predicted molar refractivity (Wildman–Crippen MR) is 112 cm³/mol. The topological polar surface area (TPSA) is 122 Å². The first kappa shape index (κ1) is 28.1. The zero-order chi connectivity index (χ0) is 23.2. The molecular formula is C20H32N2O6S2. The van der Waals surface area contributed by atoms with E-state index in [4.69, 9.17) is 25.9 Å². The summed E-state index contributed by atoms with van der Waals surface area (Å²) in [5.41, 5.74) is 2.66. The van der Waals surface area contributed by atoms with Crippen LogP contribution in [0, 0.1) is 13.8 Å². The maximum absolute atomic E-state index is 9.08. The van der Waals surface area contributed by atoms with E-state index < -0.39 is 20.2 Å². The summed E-state index contributed by atoms with van der Waals surface area (Å²) in [5.74, 6) is 0. The fourth-order valence-electron chi connectivity index (χ4n) is 2.30. The van der Waals surface area contributed by atoms with Crippen LogP contribution in [0.15, 0.2) is 49.1 Å². The summed E-state index contributed by atoms with van der Waals surface area (Å²) in [6, 6.07) is 8.70. The first-order valence-corrected chi connectivity index (χ1v) is 13.1. The molecule has 0 fully saturated rings. The van der Waals surface area contributed by atoms with Gasteiger partial charge in [0.15, 0.2) is 24.8 Å². The summed E-state index contributed by atoms with van der Waals surface area (Å²) >= 11 is 0. The Morgan fingerprint density at radius 2 is 0.867 bits per heavy atom. The maximum Gasteiger partial charge on any atom is 0.169 e. The first-order valence-electron chi connectivity index (χ1n) is 9.47. The van der Waals surface area contributed by atoms with E-state index in [-0.39, 0.29) is 0 Å². The highest BCUT2D eigenvalue weighted by Gasteiger charge is 2.01. The molecule has 2 heterocycles. The largest absolute Gasteiger partial charge is 0.748 e. The van der Waals surface area contributed by atoms with E-state index >= 15 is 0 Å². The van der Waals surface area contributed by atoms with Crippen molar-refractivity contribution < 1.29 is 35.1 Å². The summed E-state index contributed by atoms with van der Waals surface area (Å²) in [4.78, 5) is 0. The highest BCUT2D eigenvalue weighted by molar-refractivity contribution is 7.85. The molecule has 30 heavy (non-hydrogen) atoms. The molecule has 0 atom stereocenters. The molecule has 0 bridgehead atoms. The van der Waals surface area contributed by atoms with Gasteiger partial charge in [0.25, 0.3) is 0 Å². The zero-order valence-electron chi connectivity index (χ0n) is 18.0. The van der Waals surface area contributed by atoms with Crippen LogP contribution >= 0.6 is 0 Å². The SMILES string of the molecule is CS(=O)(=O)[O-].CS(=O)(=O)[O-].Cc1cc[n+](CCCCCC[n+]2ccc(C)cc2)cc1. The summed E-state index contributed by atoms with van der Waals surface area (Å²) < 4.78 is 59.0. The molecule has 2 rings (SSSR count). The highest BCUT2D eigenvalue weighted by atomic mass is 32.2. The van der Waals surface area contributed by atoms with Crippen molar-refractivity contribution >= 4 is 20.2 Å². The number of unbranched alkanes of at least 4 members (excludes halogenated alkanes) is 3. The molecule has 0 aliphatic rings. The molecule has 170 valence electrons. The van der Waals surface area contributed by atoms with Crippen LogP contribution in [0.4, 0.5) is 0 Å². The Labute approximate surface area is 180 Å². The molecule has 0 saturated carbocycles. The molecule has 0 radical (unpaired) electrons. The third kappa shape index (κ3) is 22.4. The fraction of sp³-hybridized carbons (Fsp3) is 0.500. The van der Waals surface area contributed by atoms with E-state index in [0.29, 0.717) is 12.5 Å². The van der Waals surface area contributed by atoms with Gasteiger partial charge < -0.3 is 9.11 Å². The van der Waals surface area contributed by atoms with Gasteiger partial charge in [0.05, 0.1) is 20.2 Å². The van der Waals surface area contributed by atoms with Crippen molar-refractivity contribution in [2.75, 3.05) is 12.5 Å². The normalized spacial score (nSPS) is 11.0. The second-order valence-electron chi connectivity index (χ2n) is 7.05. The maximum atomic E-state index is 9.08. The minimum Gasteiger partial charge on any atom is -0.748 e. The molecule has 0 unspecified atom stereocenters. The minimum absolute atomic E-state index is 0.604. The van der Waals surface area contributed by atoms with E-state index in [1.807, 2.05) is 0 Å². The molecule has 2 aromatic heterocycles. The third-order valence-corrected chi connectivity index (χ3v) is 3.70. The van der Waals surface area contributed by atoms with Gasteiger partial charge in [0.2, 0.25) is 0 Å². The molecule has 10 heteroatoms. The summed E-state index contributed by atoms with van der Waals surface area (Å²) in [5, 5.41) is 0. The van der Waals surface area contributed by atoms with Crippen LogP contribution in [-0.4, -0.2) is 38.5 Å². The highest BCUT2D eigenvalue weighted by Crippen LogP contribution is 2.00. The van der Waals surface area contributed by atoms with Crippen LogP contribution < -0.4 is 9.13 Å². The summed E-state index contributed by atoms with van der Waals surface area (Å²) in [6.07, 6.45) is 15.1. The Hall–Kier alpha value is -1.88. The average molecular weight is 461 g/mol. The van der Waals surface area contributed by atoms with Gasteiger partial charge >= 0.3 is 0 Å². The number of hydrogen-bond acceptors (Lipinski definition) is 6. The van der Waals surface area contributed by atoms with Crippen molar-refractivity contribution in [2.45, 2.75) is 52.6 Å². The van der Waals surface area contributed by atoms with E-state index in [0.717, 1.165) is 13.1 Å². The number of hydrogen-bond donors (Lipinski definition) is 0. The van der Waals surface area contributed by atoms with Crippen LogP contribution in [0.3, 0.4) is 0 Å². The Balaban J connectivity index is 0.000000702. The predicted octanol–water partition coefficient (Wildman–Crippen LogP) is 1.46. The van der Waals surface area contributed by atoms with Crippen LogP contribution in [-0.2, 0) is 33.3 Å². The van der Waals surface area contributed by atoms with Crippen molar-refractivity contribution in [3.63, 3.8) is 0 Å². The summed E-state index contributed by atoms with van der Waals surface area (Å²) in [7, 11) is -7.83. The van der Waals surface area contributed by atoms with E-state index in [9.17, 15) is 0 Å². The Morgan fingerprint density at radius 1 is 0.633 bits per heavy atom. The van der Waals surface area contributed by atoms with Crippen LogP contribution in [0.25, 0.3) is 0 Å². The van der Waals surface area contributed by atoms with Gasteiger partial charge in [-0.1, -0.05) is 0 Å². The van der Waals surface area contributed by atoms with E-state index in [1.165, 1.54) is 36.8 Å². The minimum atomic E-state index is -3.92. The van der Waals surface area contributed by atoms with Gasteiger partial charge in [0, 0.05) is 49.6 Å². The second kappa shape index (κ2) is 14.2. The fourth-order valence-corrected chi connectivity index (χ4v) is 2.30. The number of rotatable bonds is 7. The third-order valence-electron chi connectivity index (χ3n) is 3.70. The summed E-state index contributed by atoms with van der Waals surface area (Å²) in [6.45, 7) is 6.54. The van der Waals surface area contributed by atoms with Crippen molar-refractivity contribution in [2.24, 2.45) is 0 Å². The molecule has 8 nitrogen and oxygen atoms in total. The van der Waals surface area contributed by atoms with Crippen LogP contribution in [0.1, 0.15) is 36.8 Å². The average Bonchev–Trinajstić information content (AvgIpc) is 2.58. The molecule has 0 aliphatic carbocycles. The molecule has 0 amide bonds. The Bertz CT molecular complexity index is 831. The van der Waals surface area contributed by atoms with Gasteiger partial charge in [0.1, 0.15) is 13.1 Å². The van der Waals surface area contributed by atoms with Crippen LogP contribution in [0.2, 0.25) is 0 Å². The van der Waals surface area contributed by atoms with Gasteiger partial charge in [-0.2, -0.15) is 0 Å². The molecule has 0 aliphatic heterocycles.